The Morgan fingerprint density at radius 1 is 1.20 bits per heavy atom. The van der Waals surface area contributed by atoms with Crippen LogP contribution in [-0.2, 0) is 19.2 Å². The van der Waals surface area contributed by atoms with E-state index in [-0.39, 0.29) is 6.54 Å². The van der Waals surface area contributed by atoms with Crippen LogP contribution in [0.25, 0.3) is 0 Å². The molecule has 0 bridgehead atoms. The number of carboxylic acid groups (broad SMARTS) is 2. The van der Waals surface area contributed by atoms with Gasteiger partial charge in [0.15, 0.2) is 0 Å². The first-order chi connectivity index (χ1) is 11.8. The molecule has 0 spiro atoms. The summed E-state index contributed by atoms with van der Waals surface area (Å²) in [4.78, 5) is 48.0. The third-order valence-corrected chi connectivity index (χ3v) is 4.12. The number of nitrogens with one attached hydrogen (secondary N) is 1. The van der Waals surface area contributed by atoms with Gasteiger partial charge < -0.3 is 31.9 Å². The van der Waals surface area contributed by atoms with Crippen LogP contribution >= 0.6 is 0 Å². The molecule has 0 saturated carbocycles. The van der Waals surface area contributed by atoms with Gasteiger partial charge in [0.2, 0.25) is 11.8 Å². The lowest BCUT2D eigenvalue weighted by atomic mass is 10.1. The van der Waals surface area contributed by atoms with E-state index in [1.54, 1.807) is 0 Å². The first kappa shape index (κ1) is 20.8. The second-order valence-electron chi connectivity index (χ2n) is 6.08. The van der Waals surface area contributed by atoms with E-state index < -0.39 is 48.3 Å². The summed E-state index contributed by atoms with van der Waals surface area (Å²) in [5, 5.41) is 20.5. The monoisotopic (exact) mass is 358 g/mol. The van der Waals surface area contributed by atoms with E-state index in [9.17, 15) is 19.2 Å². The van der Waals surface area contributed by atoms with Crippen molar-refractivity contribution in [2.24, 2.45) is 11.5 Å². The van der Waals surface area contributed by atoms with Crippen molar-refractivity contribution in [2.75, 3.05) is 13.1 Å². The van der Waals surface area contributed by atoms with Crippen molar-refractivity contribution in [2.45, 2.75) is 56.7 Å². The number of nitrogens with zero attached hydrogens (tertiary/aromatic N) is 1. The molecule has 0 aromatic heterocycles. The van der Waals surface area contributed by atoms with Crippen molar-refractivity contribution in [3.63, 3.8) is 0 Å². The number of rotatable bonds is 10. The highest BCUT2D eigenvalue weighted by atomic mass is 16.4. The van der Waals surface area contributed by atoms with E-state index >= 15 is 0 Å². The number of likely N-dealkylation sites (tertiary alicyclic amines) is 1. The Morgan fingerprint density at radius 2 is 1.88 bits per heavy atom. The van der Waals surface area contributed by atoms with Crippen molar-refractivity contribution in [3.8, 4) is 0 Å². The largest absolute Gasteiger partial charge is 0.481 e. The van der Waals surface area contributed by atoms with Crippen LogP contribution in [0.1, 0.15) is 38.5 Å². The number of aliphatic carboxylic acids is 2. The Labute approximate surface area is 145 Å². The third-order valence-electron chi connectivity index (χ3n) is 4.12. The summed E-state index contributed by atoms with van der Waals surface area (Å²) in [6.07, 6.45) is 1.87. The van der Waals surface area contributed by atoms with Gasteiger partial charge in [-0.2, -0.15) is 0 Å². The first-order valence-corrected chi connectivity index (χ1v) is 8.29. The van der Waals surface area contributed by atoms with Crippen molar-refractivity contribution < 1.29 is 29.4 Å². The number of unbranched alkanes of at least 4 members (excludes halogenated alkanes) is 1. The fourth-order valence-corrected chi connectivity index (χ4v) is 2.78. The number of carbonyl (C=O) groups excluding carboxylic acids is 2. The molecular formula is C15H26N4O6. The Kier molecular flexibility index (Phi) is 8.29. The molecule has 10 heteroatoms. The number of hydrogen-bond donors (Lipinski definition) is 5. The predicted octanol–water partition coefficient (Wildman–Crippen LogP) is -1.52. The highest BCUT2D eigenvalue weighted by molar-refractivity contribution is 5.94. The molecule has 1 aliphatic heterocycles. The van der Waals surface area contributed by atoms with E-state index in [0.717, 1.165) is 4.90 Å². The zero-order chi connectivity index (χ0) is 19.0. The van der Waals surface area contributed by atoms with E-state index in [1.807, 2.05) is 0 Å². The number of hydrogen-bond acceptors (Lipinski definition) is 6. The van der Waals surface area contributed by atoms with Crippen LogP contribution in [-0.4, -0.2) is 70.1 Å². The van der Waals surface area contributed by atoms with E-state index in [1.165, 1.54) is 0 Å². The minimum Gasteiger partial charge on any atom is -0.481 e. The maximum atomic E-state index is 12.5. The zero-order valence-electron chi connectivity index (χ0n) is 14.0. The van der Waals surface area contributed by atoms with Gasteiger partial charge in [0.25, 0.3) is 0 Å². The van der Waals surface area contributed by atoms with Crippen molar-refractivity contribution in [3.05, 3.63) is 0 Å². The van der Waals surface area contributed by atoms with Gasteiger partial charge in [0.05, 0.1) is 12.5 Å². The van der Waals surface area contributed by atoms with E-state index in [4.69, 9.17) is 21.7 Å². The second-order valence-corrected chi connectivity index (χ2v) is 6.08. The topological polar surface area (TPSA) is 176 Å². The van der Waals surface area contributed by atoms with E-state index in [2.05, 4.69) is 5.32 Å². The predicted molar refractivity (Wildman–Crippen MR) is 87.4 cm³/mol. The zero-order valence-corrected chi connectivity index (χ0v) is 14.0. The van der Waals surface area contributed by atoms with Crippen LogP contribution in [0.2, 0.25) is 0 Å². The Morgan fingerprint density at radius 3 is 2.44 bits per heavy atom. The smallest absolute Gasteiger partial charge is 0.326 e. The molecule has 1 aliphatic rings. The van der Waals surface area contributed by atoms with Crippen LogP contribution < -0.4 is 16.8 Å². The molecule has 0 aromatic carbocycles. The molecule has 0 aliphatic carbocycles. The van der Waals surface area contributed by atoms with Crippen molar-refractivity contribution in [1.82, 2.24) is 10.2 Å². The summed E-state index contributed by atoms with van der Waals surface area (Å²) < 4.78 is 0. The van der Waals surface area contributed by atoms with Gasteiger partial charge in [-0.25, -0.2) is 4.79 Å². The van der Waals surface area contributed by atoms with Crippen LogP contribution in [0.3, 0.4) is 0 Å². The molecule has 1 saturated heterocycles. The lowest BCUT2D eigenvalue weighted by Gasteiger charge is -2.27. The van der Waals surface area contributed by atoms with Crippen molar-refractivity contribution in [1.29, 1.82) is 0 Å². The van der Waals surface area contributed by atoms with Gasteiger partial charge >= 0.3 is 11.9 Å². The second kappa shape index (κ2) is 9.94. The van der Waals surface area contributed by atoms with Crippen LogP contribution in [0.4, 0.5) is 0 Å². The van der Waals surface area contributed by atoms with Crippen LogP contribution in [0, 0.1) is 0 Å². The first-order valence-electron chi connectivity index (χ1n) is 8.29. The summed E-state index contributed by atoms with van der Waals surface area (Å²) in [5.74, 6) is -3.77. The normalized spacial score (nSPS) is 19.3. The highest BCUT2D eigenvalue weighted by Crippen LogP contribution is 2.19. The Balaban J connectivity index is 2.76. The van der Waals surface area contributed by atoms with Crippen LogP contribution in [0.15, 0.2) is 0 Å². The fourth-order valence-electron chi connectivity index (χ4n) is 2.78. The maximum absolute atomic E-state index is 12.5. The number of carboxylic acids is 2. The quantitative estimate of drug-likeness (QED) is 0.292. The van der Waals surface area contributed by atoms with Gasteiger partial charge in [-0.05, 0) is 32.2 Å². The van der Waals surface area contributed by atoms with Crippen LogP contribution in [0.5, 0.6) is 0 Å². The minimum atomic E-state index is -1.34. The molecule has 25 heavy (non-hydrogen) atoms. The maximum Gasteiger partial charge on any atom is 0.326 e. The summed E-state index contributed by atoms with van der Waals surface area (Å²) in [7, 11) is 0. The molecule has 3 atom stereocenters. The molecule has 1 rings (SSSR count). The summed E-state index contributed by atoms with van der Waals surface area (Å²) in [6, 6.07) is -3.23. The molecule has 7 N–H and O–H groups in total. The average molecular weight is 358 g/mol. The lowest BCUT2D eigenvalue weighted by Crippen LogP contribution is -2.55. The summed E-state index contributed by atoms with van der Waals surface area (Å²) >= 11 is 0. The highest BCUT2D eigenvalue weighted by Gasteiger charge is 2.38. The fraction of sp³-hybridized carbons (Fsp3) is 0.733. The summed E-state index contributed by atoms with van der Waals surface area (Å²) in [6.45, 7) is 0.685. The molecular weight excluding hydrogens is 332 g/mol. The van der Waals surface area contributed by atoms with Gasteiger partial charge in [-0.3, -0.25) is 14.4 Å². The standard InChI is InChI=1S/C15H26N4O6/c16-6-2-1-4-9(17)13(22)18-10(8-12(20)21)14(23)19-7-3-5-11(19)15(24)25/h9-11H,1-8,16-17H2,(H,18,22)(H,20,21)(H,24,25)/t9-,10-,11-/m0/s1. The van der Waals surface area contributed by atoms with E-state index in [0.29, 0.717) is 38.6 Å². The molecule has 142 valence electrons. The third kappa shape index (κ3) is 6.31. The van der Waals surface area contributed by atoms with Gasteiger partial charge in [0.1, 0.15) is 12.1 Å². The Bertz CT molecular complexity index is 512. The molecule has 2 amide bonds. The van der Waals surface area contributed by atoms with Gasteiger partial charge in [0, 0.05) is 6.54 Å². The molecule has 0 unspecified atom stereocenters. The van der Waals surface area contributed by atoms with Crippen molar-refractivity contribution >= 4 is 23.8 Å². The average Bonchev–Trinajstić information content (AvgIpc) is 3.02. The van der Waals surface area contributed by atoms with Gasteiger partial charge in [-0.15, -0.1) is 0 Å². The molecule has 1 fully saturated rings. The van der Waals surface area contributed by atoms with Gasteiger partial charge in [-0.1, -0.05) is 6.42 Å². The summed E-state index contributed by atoms with van der Waals surface area (Å²) in [5.41, 5.74) is 11.1. The molecule has 10 nitrogen and oxygen atoms in total. The molecule has 0 aromatic rings. The number of amides is 2. The molecule has 0 radical (unpaired) electrons. The number of carbonyl (C=O) groups is 4. The SMILES string of the molecule is NCCCC[C@H](N)C(=O)N[C@@H](CC(=O)O)C(=O)N1CCC[C@H]1C(=O)O. The Hall–Kier alpha value is -2.20. The minimum absolute atomic E-state index is 0.213. The lowest BCUT2D eigenvalue weighted by molar-refractivity contribution is -0.150. The number of nitrogens with two attached hydrogens (primary N) is 2. The molecule has 1 heterocycles.